The number of likely N-dealkylation sites (tertiary alicyclic amines) is 1. The second-order valence-corrected chi connectivity index (χ2v) is 9.02. The highest BCUT2D eigenvalue weighted by molar-refractivity contribution is 7.88. The van der Waals surface area contributed by atoms with E-state index in [-0.39, 0.29) is 17.4 Å². The van der Waals surface area contributed by atoms with Crippen LogP contribution in [0, 0.1) is 0 Å². The van der Waals surface area contributed by atoms with Crippen LogP contribution >= 0.6 is 0 Å². The van der Waals surface area contributed by atoms with Gasteiger partial charge in [0.15, 0.2) is 0 Å². The summed E-state index contributed by atoms with van der Waals surface area (Å²) in [5.74, 6) is -0.0149. The predicted molar refractivity (Wildman–Crippen MR) is 95.8 cm³/mol. The minimum atomic E-state index is -3.18. The second kappa shape index (κ2) is 7.05. The van der Waals surface area contributed by atoms with Gasteiger partial charge in [0.1, 0.15) is 0 Å². The molecule has 0 aromatic heterocycles. The number of methoxy groups -OCH3 is 1. The van der Waals surface area contributed by atoms with Crippen molar-refractivity contribution in [3.63, 3.8) is 0 Å². The number of carbonyl (C=O) groups is 1. The van der Waals surface area contributed by atoms with E-state index in [1.807, 2.05) is 35.2 Å². The van der Waals surface area contributed by atoms with E-state index in [0.29, 0.717) is 39.1 Å². The molecule has 7 heteroatoms. The average molecular weight is 366 g/mol. The number of hydrogen-bond donors (Lipinski definition) is 0. The topological polar surface area (TPSA) is 66.9 Å². The number of piperidine rings is 1. The van der Waals surface area contributed by atoms with Gasteiger partial charge in [-0.1, -0.05) is 30.3 Å². The summed E-state index contributed by atoms with van der Waals surface area (Å²) < 4.78 is 30.4. The zero-order valence-electron chi connectivity index (χ0n) is 14.8. The van der Waals surface area contributed by atoms with Crippen molar-refractivity contribution >= 4 is 15.9 Å². The molecule has 1 spiro atoms. The Morgan fingerprint density at radius 3 is 2.40 bits per heavy atom. The lowest BCUT2D eigenvalue weighted by molar-refractivity contribution is -0.134. The largest absolute Gasteiger partial charge is 0.383 e. The monoisotopic (exact) mass is 366 g/mol. The molecule has 2 aliphatic rings. The molecular weight excluding hydrogens is 340 g/mol. The third kappa shape index (κ3) is 3.59. The van der Waals surface area contributed by atoms with Crippen LogP contribution in [0.15, 0.2) is 30.3 Å². The molecule has 138 valence electrons. The third-order valence-corrected chi connectivity index (χ3v) is 6.87. The van der Waals surface area contributed by atoms with Gasteiger partial charge in [0, 0.05) is 32.3 Å². The maximum Gasteiger partial charge on any atom is 0.230 e. The van der Waals surface area contributed by atoms with Crippen molar-refractivity contribution in [3.8, 4) is 0 Å². The summed E-state index contributed by atoms with van der Waals surface area (Å²) in [6, 6.07) is 9.87. The lowest BCUT2D eigenvalue weighted by atomic mass is 9.82. The zero-order valence-corrected chi connectivity index (χ0v) is 15.7. The van der Waals surface area contributed by atoms with Gasteiger partial charge in [-0.2, -0.15) is 0 Å². The number of nitrogens with zero attached hydrogens (tertiary/aromatic N) is 2. The summed E-state index contributed by atoms with van der Waals surface area (Å²) in [4.78, 5) is 15.1. The fourth-order valence-electron chi connectivity index (χ4n) is 4.18. The summed E-state index contributed by atoms with van der Waals surface area (Å²) in [7, 11) is -1.55. The Kier molecular flexibility index (Phi) is 5.18. The van der Waals surface area contributed by atoms with Crippen molar-refractivity contribution in [2.45, 2.75) is 30.7 Å². The summed E-state index contributed by atoms with van der Waals surface area (Å²) >= 11 is 0. The molecule has 1 aromatic rings. The number of ether oxygens (including phenoxy) is 1. The number of amides is 1. The molecule has 0 bridgehead atoms. The average Bonchev–Trinajstić information content (AvgIpc) is 2.85. The standard InChI is InChI=1S/C18H26N2O4S/c1-24-13-12-20-17(21)16(15-6-4-3-5-7-15)14-18(20)8-10-19(11-9-18)25(2,22)23/h3-7,16H,8-14H2,1-2H3/t16-/m0/s1. The first-order chi connectivity index (χ1) is 11.9. The molecule has 0 aliphatic carbocycles. The van der Waals surface area contributed by atoms with Crippen LogP contribution in [0.3, 0.4) is 0 Å². The highest BCUT2D eigenvalue weighted by Gasteiger charge is 2.52. The highest BCUT2D eigenvalue weighted by Crippen LogP contribution is 2.45. The van der Waals surface area contributed by atoms with Gasteiger partial charge >= 0.3 is 0 Å². The predicted octanol–water partition coefficient (Wildman–Crippen LogP) is 1.44. The smallest absolute Gasteiger partial charge is 0.230 e. The van der Waals surface area contributed by atoms with E-state index in [4.69, 9.17) is 4.74 Å². The first-order valence-corrected chi connectivity index (χ1v) is 10.5. The Bertz CT molecular complexity index is 712. The molecule has 0 N–H and O–H groups in total. The van der Waals surface area contributed by atoms with Gasteiger partial charge in [-0.15, -0.1) is 0 Å². The molecule has 6 nitrogen and oxygen atoms in total. The number of benzene rings is 1. The Balaban J connectivity index is 1.85. The molecule has 25 heavy (non-hydrogen) atoms. The number of hydrogen-bond acceptors (Lipinski definition) is 4. The van der Waals surface area contributed by atoms with E-state index in [9.17, 15) is 13.2 Å². The van der Waals surface area contributed by atoms with Crippen LogP contribution in [-0.4, -0.2) is 68.7 Å². The van der Waals surface area contributed by atoms with E-state index in [1.54, 1.807) is 7.11 Å². The molecule has 0 unspecified atom stereocenters. The van der Waals surface area contributed by atoms with Gasteiger partial charge in [-0.3, -0.25) is 4.79 Å². The molecule has 1 amide bonds. The van der Waals surface area contributed by atoms with Crippen molar-refractivity contribution in [1.29, 1.82) is 0 Å². The van der Waals surface area contributed by atoms with Crippen LogP contribution in [0.2, 0.25) is 0 Å². The van der Waals surface area contributed by atoms with Crippen LogP contribution in [0.5, 0.6) is 0 Å². The van der Waals surface area contributed by atoms with Crippen molar-refractivity contribution in [2.75, 3.05) is 39.6 Å². The SMILES string of the molecule is COCCN1C(=O)[C@H](c2ccccc2)CC12CCN(S(C)(=O)=O)CC2. The number of rotatable bonds is 5. The van der Waals surface area contributed by atoms with Crippen molar-refractivity contribution in [3.05, 3.63) is 35.9 Å². The van der Waals surface area contributed by atoms with E-state index in [2.05, 4.69) is 0 Å². The van der Waals surface area contributed by atoms with E-state index < -0.39 is 10.0 Å². The highest BCUT2D eigenvalue weighted by atomic mass is 32.2. The lowest BCUT2D eigenvalue weighted by Gasteiger charge is -2.44. The molecule has 2 saturated heterocycles. The number of carbonyl (C=O) groups excluding carboxylic acids is 1. The fraction of sp³-hybridized carbons (Fsp3) is 0.611. The lowest BCUT2D eigenvalue weighted by Crippen LogP contribution is -2.54. The number of sulfonamides is 1. The minimum Gasteiger partial charge on any atom is -0.383 e. The summed E-state index contributed by atoms with van der Waals surface area (Å²) in [6.45, 7) is 1.98. The van der Waals surface area contributed by atoms with Gasteiger partial charge < -0.3 is 9.64 Å². The maximum atomic E-state index is 13.1. The Hall–Kier alpha value is -1.44. The van der Waals surface area contributed by atoms with Crippen LogP contribution in [0.1, 0.15) is 30.7 Å². The molecular formula is C18H26N2O4S. The van der Waals surface area contributed by atoms with Gasteiger partial charge in [-0.05, 0) is 24.8 Å². The first-order valence-electron chi connectivity index (χ1n) is 8.68. The molecule has 3 rings (SSSR count). The van der Waals surface area contributed by atoms with E-state index >= 15 is 0 Å². The van der Waals surface area contributed by atoms with E-state index in [0.717, 1.165) is 12.0 Å². The van der Waals surface area contributed by atoms with Gasteiger partial charge in [-0.25, -0.2) is 12.7 Å². The van der Waals surface area contributed by atoms with Gasteiger partial charge in [0.2, 0.25) is 15.9 Å². The molecule has 1 atom stereocenters. The molecule has 2 heterocycles. The van der Waals surface area contributed by atoms with Crippen molar-refractivity contribution in [2.24, 2.45) is 0 Å². The minimum absolute atomic E-state index is 0.135. The summed E-state index contributed by atoms with van der Waals surface area (Å²) in [5, 5.41) is 0. The van der Waals surface area contributed by atoms with Gasteiger partial charge in [0.05, 0.1) is 18.8 Å². The molecule has 2 aliphatic heterocycles. The van der Waals surface area contributed by atoms with Crippen molar-refractivity contribution < 1.29 is 17.9 Å². The Morgan fingerprint density at radius 2 is 1.84 bits per heavy atom. The van der Waals surface area contributed by atoms with Gasteiger partial charge in [0.25, 0.3) is 0 Å². The maximum absolute atomic E-state index is 13.1. The summed E-state index contributed by atoms with van der Waals surface area (Å²) in [6.07, 6.45) is 3.36. The Labute approximate surface area is 149 Å². The normalized spacial score (nSPS) is 24.2. The molecule has 0 radical (unpaired) electrons. The van der Waals surface area contributed by atoms with Crippen LogP contribution in [0.25, 0.3) is 0 Å². The first kappa shape index (κ1) is 18.4. The quantitative estimate of drug-likeness (QED) is 0.791. The second-order valence-electron chi connectivity index (χ2n) is 7.04. The van der Waals surface area contributed by atoms with Crippen LogP contribution < -0.4 is 0 Å². The van der Waals surface area contributed by atoms with Crippen LogP contribution in [0.4, 0.5) is 0 Å². The molecule has 2 fully saturated rings. The van der Waals surface area contributed by atoms with Crippen molar-refractivity contribution in [1.82, 2.24) is 9.21 Å². The molecule has 1 aromatic carbocycles. The zero-order chi connectivity index (χ0) is 18.1. The third-order valence-electron chi connectivity index (χ3n) is 5.56. The summed E-state index contributed by atoms with van der Waals surface area (Å²) in [5.41, 5.74) is 0.773. The molecule has 0 saturated carbocycles. The van der Waals surface area contributed by atoms with Crippen LogP contribution in [-0.2, 0) is 19.6 Å². The van der Waals surface area contributed by atoms with E-state index in [1.165, 1.54) is 10.6 Å². The fourth-order valence-corrected chi connectivity index (χ4v) is 5.03. The Morgan fingerprint density at radius 1 is 1.20 bits per heavy atom.